The second kappa shape index (κ2) is 10.5. The standard InChI is InChI=1S/C25H15Cl5N2O5/c1-11(22(33)12-7-9-13(37-2)10-8-12)31(23(34)14-5-3-4-6-15(14)26)32-24(35)16-17(25(32)36)19(28)21(30)20(29)18(16)27/h3-11H,1-2H3/t11-/m0/s1. The van der Waals surface area contributed by atoms with Gasteiger partial charge < -0.3 is 4.74 Å². The third-order valence-electron chi connectivity index (χ3n) is 5.73. The number of carbonyl (C=O) groups is 4. The maximum absolute atomic E-state index is 13.8. The van der Waals surface area contributed by atoms with Crippen LogP contribution in [0.5, 0.6) is 5.75 Å². The van der Waals surface area contributed by atoms with Crippen LogP contribution in [0.15, 0.2) is 48.5 Å². The van der Waals surface area contributed by atoms with Crippen molar-refractivity contribution in [2.24, 2.45) is 0 Å². The quantitative estimate of drug-likeness (QED) is 0.133. The van der Waals surface area contributed by atoms with Crippen LogP contribution in [-0.2, 0) is 0 Å². The van der Waals surface area contributed by atoms with E-state index in [1.54, 1.807) is 24.3 Å². The van der Waals surface area contributed by atoms with Crippen LogP contribution < -0.4 is 4.74 Å². The molecule has 0 saturated heterocycles. The summed E-state index contributed by atoms with van der Waals surface area (Å²) < 4.78 is 5.12. The Morgan fingerprint density at radius 2 is 1.32 bits per heavy atom. The van der Waals surface area contributed by atoms with E-state index >= 15 is 0 Å². The van der Waals surface area contributed by atoms with Crippen molar-refractivity contribution in [2.45, 2.75) is 13.0 Å². The van der Waals surface area contributed by atoms with Crippen molar-refractivity contribution in [2.75, 3.05) is 7.11 Å². The first kappa shape index (κ1) is 27.2. The fraction of sp³-hybridized carbons (Fsp3) is 0.120. The molecule has 0 bridgehead atoms. The Bertz CT molecular complexity index is 1430. The van der Waals surface area contributed by atoms with Crippen molar-refractivity contribution in [3.8, 4) is 5.75 Å². The molecule has 3 aromatic carbocycles. The van der Waals surface area contributed by atoms with Gasteiger partial charge in [-0.25, -0.2) is 5.01 Å². The number of ether oxygens (including phenoxy) is 1. The minimum Gasteiger partial charge on any atom is -0.497 e. The summed E-state index contributed by atoms with van der Waals surface area (Å²) in [6.07, 6.45) is 0. The Balaban J connectivity index is 1.87. The molecule has 4 rings (SSSR count). The normalized spacial score (nSPS) is 13.4. The lowest BCUT2D eigenvalue weighted by Gasteiger charge is -2.34. The molecule has 0 spiro atoms. The molecule has 190 valence electrons. The summed E-state index contributed by atoms with van der Waals surface area (Å²) in [5.74, 6) is -2.99. The number of amides is 3. The van der Waals surface area contributed by atoms with E-state index < -0.39 is 29.5 Å². The number of hydrogen-bond donors (Lipinski definition) is 0. The number of imide groups is 1. The number of nitrogens with zero attached hydrogens (tertiary/aromatic N) is 2. The van der Waals surface area contributed by atoms with Crippen molar-refractivity contribution in [1.29, 1.82) is 0 Å². The van der Waals surface area contributed by atoms with E-state index in [0.29, 0.717) is 10.8 Å². The number of carbonyl (C=O) groups excluding carboxylic acids is 4. The molecule has 0 unspecified atom stereocenters. The lowest BCUT2D eigenvalue weighted by Crippen LogP contribution is -2.56. The average molecular weight is 601 g/mol. The molecule has 12 heteroatoms. The molecule has 1 atom stereocenters. The van der Waals surface area contributed by atoms with Crippen LogP contribution in [0, 0.1) is 0 Å². The van der Waals surface area contributed by atoms with Gasteiger partial charge in [0.25, 0.3) is 17.7 Å². The lowest BCUT2D eigenvalue weighted by atomic mass is 10.0. The number of methoxy groups -OCH3 is 1. The van der Waals surface area contributed by atoms with Crippen LogP contribution >= 0.6 is 58.0 Å². The third-order valence-corrected chi connectivity index (χ3v) is 7.86. The fourth-order valence-electron chi connectivity index (χ4n) is 3.84. The number of benzene rings is 3. The Morgan fingerprint density at radius 3 is 1.81 bits per heavy atom. The van der Waals surface area contributed by atoms with Crippen LogP contribution in [-0.4, -0.2) is 46.7 Å². The second-order valence-corrected chi connectivity index (χ2v) is 9.75. The first-order valence-corrected chi connectivity index (χ1v) is 12.4. The van der Waals surface area contributed by atoms with Crippen LogP contribution in [0.4, 0.5) is 0 Å². The van der Waals surface area contributed by atoms with Gasteiger partial charge in [-0.05, 0) is 43.3 Å². The molecule has 0 radical (unpaired) electrons. The van der Waals surface area contributed by atoms with Gasteiger partial charge in [-0.1, -0.05) is 70.1 Å². The molecule has 3 aromatic rings. The van der Waals surface area contributed by atoms with E-state index in [1.807, 2.05) is 0 Å². The molecule has 1 heterocycles. The van der Waals surface area contributed by atoms with Gasteiger partial charge in [0, 0.05) is 5.56 Å². The highest BCUT2D eigenvalue weighted by molar-refractivity contribution is 6.55. The van der Waals surface area contributed by atoms with Crippen molar-refractivity contribution in [3.05, 3.63) is 95.9 Å². The van der Waals surface area contributed by atoms with E-state index in [9.17, 15) is 19.2 Å². The molecule has 37 heavy (non-hydrogen) atoms. The lowest BCUT2D eigenvalue weighted by molar-refractivity contribution is -0.00679. The third kappa shape index (κ3) is 4.56. The van der Waals surface area contributed by atoms with E-state index in [0.717, 1.165) is 5.01 Å². The number of rotatable bonds is 6. The van der Waals surface area contributed by atoms with Gasteiger partial charge in [0.15, 0.2) is 5.78 Å². The summed E-state index contributed by atoms with van der Waals surface area (Å²) in [5, 5.41) is 0.181. The van der Waals surface area contributed by atoms with E-state index in [1.165, 1.54) is 38.3 Å². The first-order valence-electron chi connectivity index (χ1n) is 10.5. The number of hydrogen-bond acceptors (Lipinski definition) is 5. The smallest absolute Gasteiger partial charge is 0.282 e. The molecule has 0 aromatic heterocycles. The summed E-state index contributed by atoms with van der Waals surface area (Å²) in [5.41, 5.74) is -0.536. The molecule has 0 N–H and O–H groups in total. The van der Waals surface area contributed by atoms with Gasteiger partial charge >= 0.3 is 0 Å². The number of ketones is 1. The van der Waals surface area contributed by atoms with Gasteiger partial charge in [0.1, 0.15) is 11.8 Å². The molecule has 3 amide bonds. The Labute approximate surface area is 236 Å². The van der Waals surface area contributed by atoms with Crippen molar-refractivity contribution in [3.63, 3.8) is 0 Å². The summed E-state index contributed by atoms with van der Waals surface area (Å²) in [6, 6.07) is 10.7. The number of halogens is 5. The van der Waals surface area contributed by atoms with E-state index in [4.69, 9.17) is 62.7 Å². The molecule has 0 saturated carbocycles. The zero-order chi connectivity index (χ0) is 27.2. The highest BCUT2D eigenvalue weighted by atomic mass is 35.5. The van der Waals surface area contributed by atoms with Gasteiger partial charge in [0.2, 0.25) is 0 Å². The number of fused-ring (bicyclic) bond motifs is 1. The Morgan fingerprint density at radius 1 is 0.811 bits per heavy atom. The monoisotopic (exact) mass is 598 g/mol. The molecule has 1 aliphatic rings. The van der Waals surface area contributed by atoms with Crippen LogP contribution in [0.1, 0.15) is 48.4 Å². The Kier molecular flexibility index (Phi) is 7.74. The zero-order valence-corrected chi connectivity index (χ0v) is 22.8. The molecule has 1 aliphatic heterocycles. The topological polar surface area (TPSA) is 84.0 Å². The number of hydrazine groups is 1. The van der Waals surface area contributed by atoms with Crippen LogP contribution in [0.2, 0.25) is 25.1 Å². The van der Waals surface area contributed by atoms with E-state index in [2.05, 4.69) is 0 Å². The predicted molar refractivity (Wildman–Crippen MR) is 141 cm³/mol. The summed E-state index contributed by atoms with van der Waals surface area (Å²) in [7, 11) is 1.47. The highest BCUT2D eigenvalue weighted by Crippen LogP contribution is 2.45. The summed E-state index contributed by atoms with van der Waals surface area (Å²) in [4.78, 5) is 54.4. The average Bonchev–Trinajstić information content (AvgIpc) is 3.16. The first-order chi connectivity index (χ1) is 17.5. The van der Waals surface area contributed by atoms with Crippen molar-refractivity contribution < 1.29 is 23.9 Å². The highest BCUT2D eigenvalue weighted by Gasteiger charge is 2.48. The second-order valence-electron chi connectivity index (χ2n) is 7.83. The predicted octanol–water partition coefficient (Wildman–Crippen LogP) is 6.89. The van der Waals surface area contributed by atoms with Crippen LogP contribution in [0.25, 0.3) is 0 Å². The minimum atomic E-state index is -1.36. The minimum absolute atomic E-state index is 0.0420. The molecule has 0 fully saturated rings. The molecular weight excluding hydrogens is 586 g/mol. The summed E-state index contributed by atoms with van der Waals surface area (Å²) in [6.45, 7) is 1.37. The number of Topliss-reactive ketones (excluding diaryl/α,β-unsaturated/α-hetero) is 1. The van der Waals surface area contributed by atoms with Gasteiger partial charge in [-0.2, -0.15) is 5.01 Å². The maximum Gasteiger partial charge on any atom is 0.282 e. The van der Waals surface area contributed by atoms with Gasteiger partial charge in [-0.15, -0.1) is 0 Å². The Hall–Kier alpha value is -2.81. The SMILES string of the molecule is COc1ccc(C(=O)[C@H](C)N(C(=O)c2ccccc2Cl)N2C(=O)c3c(Cl)c(Cl)c(Cl)c(Cl)c3C2=O)cc1. The molecule has 7 nitrogen and oxygen atoms in total. The van der Waals surface area contributed by atoms with E-state index in [-0.39, 0.29) is 47.4 Å². The van der Waals surface area contributed by atoms with Crippen molar-refractivity contribution >= 4 is 81.5 Å². The van der Waals surface area contributed by atoms with Gasteiger partial charge in [-0.3, -0.25) is 19.2 Å². The maximum atomic E-state index is 13.8. The largest absolute Gasteiger partial charge is 0.497 e. The van der Waals surface area contributed by atoms with Crippen molar-refractivity contribution in [1.82, 2.24) is 10.0 Å². The molecular formula is C25H15Cl5N2O5. The summed E-state index contributed by atoms with van der Waals surface area (Å²) >= 11 is 31.0. The fourth-order valence-corrected chi connectivity index (χ4v) is 5.07. The van der Waals surface area contributed by atoms with Gasteiger partial charge in [0.05, 0.1) is 48.9 Å². The van der Waals surface area contributed by atoms with Crippen LogP contribution in [0.3, 0.4) is 0 Å². The zero-order valence-electron chi connectivity index (χ0n) is 19.0. The molecule has 0 aliphatic carbocycles.